The molecule has 0 nitrogen and oxygen atoms in total. The second-order valence-electron chi connectivity index (χ2n) is 2.28. The molecule has 0 aromatic carbocycles. The molecule has 0 saturated carbocycles. The first-order valence-electron chi connectivity index (χ1n) is 3.32. The fraction of sp³-hybridized carbons (Fsp3) is 0.714. The second-order valence-corrected chi connectivity index (χ2v) is 2.28. The Labute approximate surface area is 67.1 Å². The van der Waals surface area contributed by atoms with Crippen molar-refractivity contribution in [1.29, 1.82) is 0 Å². The summed E-state index contributed by atoms with van der Waals surface area (Å²) in [6.07, 6.45) is -10.7. The van der Waals surface area contributed by atoms with Crippen molar-refractivity contribution in [3.63, 3.8) is 0 Å². The van der Waals surface area contributed by atoms with E-state index in [0.717, 1.165) is 0 Å². The lowest BCUT2D eigenvalue weighted by molar-refractivity contribution is 0.0236. The van der Waals surface area contributed by atoms with Gasteiger partial charge in [-0.25, -0.2) is 22.0 Å². The number of hydrogen-bond donors (Lipinski definition) is 0. The van der Waals surface area contributed by atoms with Crippen molar-refractivity contribution in [3.8, 4) is 0 Å². The summed E-state index contributed by atoms with van der Waals surface area (Å²) in [5, 5.41) is 0. The number of rotatable bonds is 5. The van der Waals surface area contributed by atoms with Gasteiger partial charge in [-0.05, 0) is 0 Å². The van der Waals surface area contributed by atoms with Crippen molar-refractivity contribution in [2.24, 2.45) is 0 Å². The molecule has 0 radical (unpaired) electrons. The molecule has 0 rings (SSSR count). The van der Waals surface area contributed by atoms with Crippen molar-refractivity contribution in [3.05, 3.63) is 12.7 Å². The van der Waals surface area contributed by atoms with E-state index < -0.39 is 31.4 Å². The Morgan fingerprint density at radius 2 is 1.50 bits per heavy atom. The summed E-state index contributed by atoms with van der Waals surface area (Å²) in [6, 6.07) is 0. The van der Waals surface area contributed by atoms with Gasteiger partial charge in [0.05, 0.1) is 0 Å². The first kappa shape index (κ1) is 11.4. The predicted octanol–water partition coefficient (Wildman–Crippen LogP) is 2.84. The fourth-order valence-corrected chi connectivity index (χ4v) is 0.596. The van der Waals surface area contributed by atoms with Gasteiger partial charge in [0.1, 0.15) is 12.3 Å². The molecular weight excluding hydrogens is 179 g/mol. The first-order valence-corrected chi connectivity index (χ1v) is 3.32. The lowest BCUT2D eigenvalue weighted by atomic mass is 10.1. The highest BCUT2D eigenvalue weighted by Gasteiger charge is 2.27. The van der Waals surface area contributed by atoms with Gasteiger partial charge in [0.15, 0.2) is 6.17 Å². The van der Waals surface area contributed by atoms with Gasteiger partial charge in [0.25, 0.3) is 6.43 Å². The van der Waals surface area contributed by atoms with Gasteiger partial charge < -0.3 is 0 Å². The number of alkyl halides is 5. The number of allylic oxidation sites excluding steroid dienone is 1. The molecule has 3 unspecified atom stereocenters. The molecule has 0 bridgehead atoms. The van der Waals surface area contributed by atoms with Gasteiger partial charge in [-0.3, -0.25) is 0 Å². The monoisotopic (exact) mass is 188 g/mol. The minimum Gasteiger partial charge on any atom is -0.244 e. The third-order valence-corrected chi connectivity index (χ3v) is 1.29. The van der Waals surface area contributed by atoms with Crippen molar-refractivity contribution in [2.75, 3.05) is 0 Å². The predicted molar refractivity (Wildman–Crippen MR) is 35.5 cm³/mol. The van der Waals surface area contributed by atoms with Gasteiger partial charge in [-0.2, -0.15) is 0 Å². The highest BCUT2D eigenvalue weighted by atomic mass is 19.3. The van der Waals surface area contributed by atoms with Crippen LogP contribution < -0.4 is 0 Å². The van der Waals surface area contributed by atoms with Crippen LogP contribution in [0, 0.1) is 0 Å². The molecule has 0 aliphatic rings. The van der Waals surface area contributed by atoms with E-state index in [4.69, 9.17) is 0 Å². The second kappa shape index (κ2) is 5.11. The van der Waals surface area contributed by atoms with Gasteiger partial charge in [0.2, 0.25) is 0 Å². The van der Waals surface area contributed by atoms with Crippen molar-refractivity contribution in [1.82, 2.24) is 0 Å². The van der Waals surface area contributed by atoms with Crippen LogP contribution in [0.1, 0.15) is 6.42 Å². The summed E-state index contributed by atoms with van der Waals surface area (Å²) < 4.78 is 59.6. The van der Waals surface area contributed by atoms with E-state index in [0.29, 0.717) is 6.08 Å². The van der Waals surface area contributed by atoms with Crippen molar-refractivity contribution >= 4 is 0 Å². The molecule has 3 atom stereocenters. The molecule has 0 spiro atoms. The zero-order valence-corrected chi connectivity index (χ0v) is 6.19. The fourth-order valence-electron chi connectivity index (χ4n) is 0.596. The van der Waals surface area contributed by atoms with Crippen LogP contribution in [-0.2, 0) is 0 Å². The highest BCUT2D eigenvalue weighted by molar-refractivity contribution is 4.86. The molecular formula is C7H9F5. The summed E-state index contributed by atoms with van der Waals surface area (Å²) in [7, 11) is 0. The molecule has 0 aliphatic carbocycles. The topological polar surface area (TPSA) is 0 Å². The Bertz CT molecular complexity index is 136. The summed E-state index contributed by atoms with van der Waals surface area (Å²) in [6.45, 7) is 2.91. The van der Waals surface area contributed by atoms with Crippen LogP contribution in [0.3, 0.4) is 0 Å². The van der Waals surface area contributed by atoms with E-state index in [1.165, 1.54) is 0 Å². The summed E-state index contributed by atoms with van der Waals surface area (Å²) in [4.78, 5) is 0. The largest absolute Gasteiger partial charge is 0.269 e. The van der Waals surface area contributed by atoms with E-state index in [2.05, 4.69) is 6.58 Å². The average Bonchev–Trinajstić information content (AvgIpc) is 2.02. The summed E-state index contributed by atoms with van der Waals surface area (Å²) in [5.41, 5.74) is 0. The van der Waals surface area contributed by atoms with E-state index in [1.54, 1.807) is 0 Å². The number of hydrogen-bond acceptors (Lipinski definition) is 0. The molecule has 0 N–H and O–H groups in total. The van der Waals surface area contributed by atoms with Crippen LogP contribution in [0.5, 0.6) is 0 Å². The molecule has 0 amide bonds. The van der Waals surface area contributed by atoms with Crippen molar-refractivity contribution in [2.45, 2.75) is 31.4 Å². The SMILES string of the molecule is C=CC(F)C(F)CC(F)C(F)F. The zero-order valence-electron chi connectivity index (χ0n) is 6.19. The van der Waals surface area contributed by atoms with Gasteiger partial charge in [0, 0.05) is 6.42 Å². The molecule has 0 fully saturated rings. The third kappa shape index (κ3) is 3.69. The van der Waals surface area contributed by atoms with Crippen LogP contribution in [-0.4, -0.2) is 24.9 Å². The maximum atomic E-state index is 12.4. The summed E-state index contributed by atoms with van der Waals surface area (Å²) in [5.74, 6) is 0. The quantitative estimate of drug-likeness (QED) is 0.459. The van der Waals surface area contributed by atoms with Crippen LogP contribution >= 0.6 is 0 Å². The molecule has 0 heterocycles. The van der Waals surface area contributed by atoms with E-state index in [1.807, 2.05) is 0 Å². The molecule has 0 saturated heterocycles. The van der Waals surface area contributed by atoms with Gasteiger partial charge in [-0.15, -0.1) is 6.58 Å². The van der Waals surface area contributed by atoms with Crippen LogP contribution in [0.15, 0.2) is 12.7 Å². The van der Waals surface area contributed by atoms with E-state index in [-0.39, 0.29) is 0 Å². The van der Waals surface area contributed by atoms with Crippen LogP contribution in [0.2, 0.25) is 0 Å². The smallest absolute Gasteiger partial charge is 0.244 e. The first-order chi connectivity index (χ1) is 5.49. The Morgan fingerprint density at radius 3 is 1.83 bits per heavy atom. The van der Waals surface area contributed by atoms with Crippen LogP contribution in [0.25, 0.3) is 0 Å². The Hall–Kier alpha value is -0.610. The minimum atomic E-state index is -3.26. The lowest BCUT2D eigenvalue weighted by Gasteiger charge is -2.12. The molecule has 12 heavy (non-hydrogen) atoms. The molecule has 0 aromatic heterocycles. The average molecular weight is 188 g/mol. The molecule has 5 heteroatoms. The summed E-state index contributed by atoms with van der Waals surface area (Å²) >= 11 is 0. The lowest BCUT2D eigenvalue weighted by Crippen LogP contribution is -2.23. The van der Waals surface area contributed by atoms with Crippen molar-refractivity contribution < 1.29 is 22.0 Å². The van der Waals surface area contributed by atoms with E-state index >= 15 is 0 Å². The van der Waals surface area contributed by atoms with Gasteiger partial charge >= 0.3 is 0 Å². The maximum absolute atomic E-state index is 12.4. The van der Waals surface area contributed by atoms with Gasteiger partial charge in [-0.1, -0.05) is 6.08 Å². The Morgan fingerprint density at radius 1 is 1.00 bits per heavy atom. The minimum absolute atomic E-state index is 0.614. The van der Waals surface area contributed by atoms with E-state index in [9.17, 15) is 22.0 Å². The zero-order chi connectivity index (χ0) is 9.72. The normalized spacial score (nSPS) is 18.8. The maximum Gasteiger partial charge on any atom is 0.269 e. The molecule has 0 aromatic rings. The standard InChI is InChI=1S/C7H9F5/c1-2-4(8)5(9)3-6(10)7(11)12/h2,4-7H,1,3H2. The van der Waals surface area contributed by atoms with Crippen LogP contribution in [0.4, 0.5) is 22.0 Å². The highest BCUT2D eigenvalue weighted by Crippen LogP contribution is 2.17. The Balaban J connectivity index is 3.82. The number of halogens is 5. The Kier molecular flexibility index (Phi) is 4.85. The third-order valence-electron chi connectivity index (χ3n) is 1.29. The molecule has 0 aliphatic heterocycles. The molecule has 72 valence electrons.